The Balaban J connectivity index is 1.29. The van der Waals surface area contributed by atoms with Crippen molar-refractivity contribution in [1.82, 2.24) is 9.80 Å². The number of rotatable bonds is 6. The van der Waals surface area contributed by atoms with Crippen LogP contribution in [0.1, 0.15) is 60.3 Å². The second-order valence-corrected chi connectivity index (χ2v) is 13.7. The average Bonchev–Trinajstić information content (AvgIpc) is 3.54. The van der Waals surface area contributed by atoms with Gasteiger partial charge in [0.2, 0.25) is 12.0 Å². The lowest BCUT2D eigenvalue weighted by molar-refractivity contribution is -0.148. The lowest BCUT2D eigenvalue weighted by atomic mass is 9.89. The van der Waals surface area contributed by atoms with Gasteiger partial charge in [-0.3, -0.25) is 19.3 Å². The van der Waals surface area contributed by atoms with Gasteiger partial charge in [-0.1, -0.05) is 35.0 Å². The number of fused-ring (bicyclic) bond motifs is 1. The molecule has 3 amide bonds. The first-order valence-corrected chi connectivity index (χ1v) is 16.4. The van der Waals surface area contributed by atoms with Gasteiger partial charge in [0.25, 0.3) is 11.8 Å². The monoisotopic (exact) mass is 689 g/mol. The Kier molecular flexibility index (Phi) is 9.45. The van der Waals surface area contributed by atoms with Crippen LogP contribution in [0.25, 0.3) is 0 Å². The Morgan fingerprint density at radius 2 is 1.76 bits per heavy atom. The highest BCUT2D eigenvalue weighted by atomic mass is 35.5. The number of piperazine rings is 1. The van der Waals surface area contributed by atoms with Gasteiger partial charge in [0, 0.05) is 43.0 Å². The number of likely N-dealkylation sites (N-methyl/N-ethyl adjacent to an activating group) is 1. The van der Waals surface area contributed by atoms with Crippen molar-refractivity contribution in [3.63, 3.8) is 0 Å². The number of carbonyl (C=O) groups excluding carboxylic acids is 4. The number of anilines is 2. The third-order valence-electron chi connectivity index (χ3n) is 8.62. The Bertz CT molecular complexity index is 1840. The molecule has 3 heterocycles. The molecule has 13 heteroatoms. The van der Waals surface area contributed by atoms with E-state index < -0.39 is 41.3 Å². The van der Waals surface area contributed by atoms with Gasteiger partial charge in [0.1, 0.15) is 11.6 Å². The molecule has 3 aliphatic rings. The minimum absolute atomic E-state index is 0.0181. The molecule has 256 valence electrons. The van der Waals surface area contributed by atoms with Crippen LogP contribution < -0.4 is 10.2 Å². The second kappa shape index (κ2) is 13.6. The van der Waals surface area contributed by atoms with Crippen LogP contribution in [0.4, 0.5) is 15.8 Å². The first-order valence-electron chi connectivity index (χ1n) is 16.0. The van der Waals surface area contributed by atoms with Gasteiger partial charge in [-0.25, -0.2) is 9.18 Å². The molecule has 1 fully saturated rings. The third-order valence-corrected chi connectivity index (χ3v) is 8.92. The summed E-state index contributed by atoms with van der Waals surface area (Å²) in [5.41, 5.74) is 2.51. The Morgan fingerprint density at radius 1 is 1.02 bits per heavy atom. The zero-order valence-corrected chi connectivity index (χ0v) is 28.4. The van der Waals surface area contributed by atoms with Crippen LogP contribution in [0.5, 0.6) is 0 Å². The van der Waals surface area contributed by atoms with E-state index in [0.717, 1.165) is 5.56 Å². The van der Waals surface area contributed by atoms with E-state index in [1.807, 2.05) is 18.0 Å². The van der Waals surface area contributed by atoms with Gasteiger partial charge < -0.3 is 24.7 Å². The molecule has 1 N–H and O–H groups in total. The summed E-state index contributed by atoms with van der Waals surface area (Å²) < 4.78 is 20.2. The SMILES string of the molecule is CN1CCN(c2cccc3c2CCN(C(=O)[C@H]2CC(c4cccc(Cl)c4F)=NO2)[C@H]3C(=O)Nc2ccc(C(=O)OC(C)(C)C)cc2)C(=O)C1. The predicted octanol–water partition coefficient (Wildman–Crippen LogP) is 4.97. The van der Waals surface area contributed by atoms with Crippen molar-refractivity contribution in [3.8, 4) is 0 Å². The molecule has 49 heavy (non-hydrogen) atoms. The molecule has 0 unspecified atom stereocenters. The smallest absolute Gasteiger partial charge is 0.338 e. The Morgan fingerprint density at radius 3 is 2.47 bits per heavy atom. The topological polar surface area (TPSA) is 121 Å². The number of hydrogen-bond acceptors (Lipinski definition) is 8. The minimum Gasteiger partial charge on any atom is -0.456 e. The molecule has 3 aromatic carbocycles. The molecule has 0 spiro atoms. The van der Waals surface area contributed by atoms with Gasteiger partial charge in [-0.2, -0.15) is 0 Å². The number of benzene rings is 3. The van der Waals surface area contributed by atoms with Gasteiger partial charge in [-0.05, 0) is 87.8 Å². The van der Waals surface area contributed by atoms with Crippen LogP contribution in [0, 0.1) is 5.82 Å². The fourth-order valence-corrected chi connectivity index (χ4v) is 6.46. The van der Waals surface area contributed by atoms with Gasteiger partial charge in [0.05, 0.1) is 22.8 Å². The first-order chi connectivity index (χ1) is 23.3. The fraction of sp³-hybridized carbons (Fsp3) is 0.361. The molecule has 6 rings (SSSR count). The number of amides is 3. The maximum Gasteiger partial charge on any atom is 0.338 e. The van der Waals surface area contributed by atoms with Crippen molar-refractivity contribution >= 4 is 52.4 Å². The van der Waals surface area contributed by atoms with Crippen LogP contribution in [-0.4, -0.2) is 84.1 Å². The quantitative estimate of drug-likeness (QED) is 0.363. The van der Waals surface area contributed by atoms with E-state index in [1.165, 1.54) is 17.0 Å². The molecule has 0 radical (unpaired) electrons. The van der Waals surface area contributed by atoms with Gasteiger partial charge >= 0.3 is 5.97 Å². The molecule has 0 aromatic heterocycles. The van der Waals surface area contributed by atoms with E-state index in [9.17, 15) is 23.6 Å². The Labute approximate surface area is 288 Å². The summed E-state index contributed by atoms with van der Waals surface area (Å²) in [6.07, 6.45) is -0.731. The highest BCUT2D eigenvalue weighted by molar-refractivity contribution is 6.31. The highest BCUT2D eigenvalue weighted by Crippen LogP contribution is 2.38. The zero-order chi connectivity index (χ0) is 35.0. The van der Waals surface area contributed by atoms with Crippen LogP contribution in [0.2, 0.25) is 5.02 Å². The maximum atomic E-state index is 14.8. The Hall–Kier alpha value is -4.81. The minimum atomic E-state index is -1.10. The number of halogens is 2. The van der Waals surface area contributed by atoms with Crippen molar-refractivity contribution in [3.05, 3.63) is 93.8 Å². The predicted molar refractivity (Wildman–Crippen MR) is 182 cm³/mol. The summed E-state index contributed by atoms with van der Waals surface area (Å²) in [4.78, 5) is 64.6. The van der Waals surface area contributed by atoms with Crippen LogP contribution in [0.3, 0.4) is 0 Å². The van der Waals surface area contributed by atoms with E-state index in [0.29, 0.717) is 42.0 Å². The number of oxime groups is 1. The molecule has 2 atom stereocenters. The largest absolute Gasteiger partial charge is 0.456 e. The molecule has 0 bridgehead atoms. The molecule has 0 saturated carbocycles. The van der Waals surface area contributed by atoms with Crippen molar-refractivity contribution in [2.24, 2.45) is 5.16 Å². The van der Waals surface area contributed by atoms with E-state index in [2.05, 4.69) is 10.5 Å². The number of carbonyl (C=O) groups is 4. The third kappa shape index (κ3) is 7.16. The molecular weight excluding hydrogens is 653 g/mol. The second-order valence-electron chi connectivity index (χ2n) is 13.3. The van der Waals surface area contributed by atoms with E-state index in [1.54, 1.807) is 68.1 Å². The summed E-state index contributed by atoms with van der Waals surface area (Å²) in [5, 5.41) is 6.83. The normalized spacial score (nSPS) is 19.6. The van der Waals surface area contributed by atoms with Crippen molar-refractivity contribution < 1.29 is 33.1 Å². The summed E-state index contributed by atoms with van der Waals surface area (Å²) >= 11 is 5.98. The molecule has 11 nitrogen and oxygen atoms in total. The fourth-order valence-electron chi connectivity index (χ4n) is 6.29. The maximum absolute atomic E-state index is 14.8. The standard InChI is InChI=1S/C36H37ClFN5O6/c1-36(2,3)48-35(47)21-11-13-22(14-12-21)39-33(45)32-24-7-6-10-28(42-18-17-41(4)20-30(42)44)23(24)15-16-43(32)34(46)29-19-27(40-49-29)25-8-5-9-26(37)31(25)38/h5-14,29,32H,15-20H2,1-4H3,(H,39,45)/t29-,32-/m1/s1. The zero-order valence-electron chi connectivity index (χ0n) is 27.7. The van der Waals surface area contributed by atoms with E-state index in [-0.39, 0.29) is 41.7 Å². The highest BCUT2D eigenvalue weighted by Gasteiger charge is 2.43. The van der Waals surface area contributed by atoms with Crippen LogP contribution >= 0.6 is 11.6 Å². The number of esters is 1. The number of ether oxygens (including phenoxy) is 1. The van der Waals surface area contributed by atoms with Gasteiger partial charge in [-0.15, -0.1) is 0 Å². The van der Waals surface area contributed by atoms with E-state index in [4.69, 9.17) is 21.2 Å². The molecular formula is C36H37ClFN5O6. The summed E-state index contributed by atoms with van der Waals surface area (Å²) in [6, 6.07) is 15.1. The molecule has 3 aliphatic heterocycles. The summed E-state index contributed by atoms with van der Waals surface area (Å²) in [7, 11) is 1.89. The molecule has 1 saturated heterocycles. The lowest BCUT2D eigenvalue weighted by Crippen LogP contribution is -2.51. The van der Waals surface area contributed by atoms with Crippen LogP contribution in [0.15, 0.2) is 65.8 Å². The lowest BCUT2D eigenvalue weighted by Gasteiger charge is -2.40. The van der Waals surface area contributed by atoms with Crippen LogP contribution in [-0.2, 0) is 30.4 Å². The summed E-state index contributed by atoms with van der Waals surface area (Å²) in [5.74, 6) is -2.20. The first kappa shape index (κ1) is 34.1. The molecule has 3 aromatic rings. The average molecular weight is 690 g/mol. The van der Waals surface area contributed by atoms with Gasteiger partial charge in [0.15, 0.2) is 5.82 Å². The molecule has 0 aliphatic carbocycles. The van der Waals surface area contributed by atoms with Crippen molar-refractivity contribution in [1.29, 1.82) is 0 Å². The summed E-state index contributed by atoms with van der Waals surface area (Å²) in [6.45, 7) is 6.94. The number of hydrogen-bond donors (Lipinski definition) is 1. The number of nitrogens with zero attached hydrogens (tertiary/aromatic N) is 4. The van der Waals surface area contributed by atoms with Crippen molar-refractivity contribution in [2.45, 2.75) is 51.4 Å². The number of nitrogens with one attached hydrogen (secondary N) is 1. The van der Waals surface area contributed by atoms with Crippen molar-refractivity contribution in [2.75, 3.05) is 43.4 Å². The van der Waals surface area contributed by atoms with E-state index >= 15 is 0 Å².